The van der Waals surface area contributed by atoms with Gasteiger partial charge >= 0.3 is 0 Å². The van der Waals surface area contributed by atoms with Gasteiger partial charge in [0.15, 0.2) is 5.78 Å². The van der Waals surface area contributed by atoms with E-state index in [1.165, 1.54) is 0 Å². The van der Waals surface area contributed by atoms with Crippen LogP contribution in [0.5, 0.6) is 5.75 Å². The number of aromatic hydroxyl groups is 1. The summed E-state index contributed by atoms with van der Waals surface area (Å²) in [5.74, 6) is 2.49. The molecule has 1 atom stereocenters. The molecule has 2 saturated heterocycles. The lowest BCUT2D eigenvalue weighted by atomic mass is 9.78. The first-order valence-corrected chi connectivity index (χ1v) is 14.0. The molecule has 1 amide bonds. The number of hydrogen-bond acceptors (Lipinski definition) is 4. The molecule has 1 N–H and O–H groups in total. The average Bonchev–Trinajstić information content (AvgIpc) is 3.17. The molecule has 2 aliphatic rings. The minimum atomic E-state index is -0.276. The van der Waals surface area contributed by atoms with Crippen molar-refractivity contribution < 1.29 is 14.7 Å². The van der Waals surface area contributed by atoms with Gasteiger partial charge in [-0.3, -0.25) is 9.59 Å². The van der Waals surface area contributed by atoms with Crippen molar-refractivity contribution in [3.05, 3.63) is 28.8 Å². The van der Waals surface area contributed by atoms with E-state index >= 15 is 0 Å². The van der Waals surface area contributed by atoms with E-state index in [2.05, 4.69) is 66.6 Å². The predicted octanol–water partition coefficient (Wildman–Crippen LogP) is 6.24. The summed E-state index contributed by atoms with van der Waals surface area (Å²) in [5, 5.41) is 11.0. The Bertz CT molecular complexity index is 963. The summed E-state index contributed by atoms with van der Waals surface area (Å²) in [4.78, 5) is 29.2. The van der Waals surface area contributed by atoms with Crippen molar-refractivity contribution in [2.24, 2.45) is 15.9 Å². The van der Waals surface area contributed by atoms with Gasteiger partial charge in [0.1, 0.15) is 11.6 Å². The van der Waals surface area contributed by atoms with Crippen molar-refractivity contribution in [2.45, 2.75) is 91.4 Å². The Morgan fingerprint density at radius 3 is 2.00 bits per heavy atom. The fourth-order valence-corrected chi connectivity index (χ4v) is 6.06. The minimum absolute atomic E-state index is 0.0527. The normalized spacial score (nSPS) is 20.9. The number of ketones is 1. The van der Waals surface area contributed by atoms with Gasteiger partial charge in [0.2, 0.25) is 5.91 Å². The van der Waals surface area contributed by atoms with E-state index in [0.29, 0.717) is 23.1 Å². The number of nitrogens with zero attached hydrogens (tertiary/aromatic N) is 3. The van der Waals surface area contributed by atoms with Crippen molar-refractivity contribution >= 4 is 33.7 Å². The molecule has 1 aromatic rings. The summed E-state index contributed by atoms with van der Waals surface area (Å²) in [7, 11) is 0. The highest BCUT2D eigenvalue weighted by Gasteiger charge is 2.33. The van der Waals surface area contributed by atoms with Crippen LogP contribution in [0.3, 0.4) is 0 Å². The van der Waals surface area contributed by atoms with Crippen LogP contribution in [0.25, 0.3) is 0 Å². The molecule has 3 rings (SSSR count). The zero-order valence-electron chi connectivity index (χ0n) is 23.2. The van der Waals surface area contributed by atoms with E-state index in [4.69, 9.17) is 0 Å². The van der Waals surface area contributed by atoms with Crippen molar-refractivity contribution in [3.8, 4) is 5.75 Å². The summed E-state index contributed by atoms with van der Waals surface area (Å²) in [5.41, 5.74) is 1.72. The van der Waals surface area contributed by atoms with Crippen molar-refractivity contribution in [3.63, 3.8) is 0 Å². The lowest BCUT2D eigenvalue weighted by Gasteiger charge is -2.31. The molecule has 1 unspecified atom stereocenters. The van der Waals surface area contributed by atoms with Crippen LogP contribution in [-0.2, 0) is 15.6 Å². The first-order valence-electron chi connectivity index (χ1n) is 13.3. The van der Waals surface area contributed by atoms with Crippen molar-refractivity contribution in [1.29, 1.82) is 0 Å². The fourth-order valence-electron chi connectivity index (χ4n) is 5.55. The maximum absolute atomic E-state index is 13.5. The molecule has 36 heavy (non-hydrogen) atoms. The Morgan fingerprint density at radius 1 is 0.972 bits per heavy atom. The van der Waals surface area contributed by atoms with Crippen molar-refractivity contribution in [2.75, 3.05) is 26.2 Å². The Labute approximate surface area is 225 Å². The first kappa shape index (κ1) is 28.7. The predicted molar refractivity (Wildman–Crippen MR) is 150 cm³/mol. The van der Waals surface area contributed by atoms with Gasteiger partial charge in [-0.25, -0.2) is 0 Å². The van der Waals surface area contributed by atoms with Gasteiger partial charge in [-0.15, -0.1) is 0 Å². The summed E-state index contributed by atoms with van der Waals surface area (Å²) in [6.07, 6.45) is 5.33. The number of rotatable bonds is 6. The molecular formula is C29H44BrN3O3. The van der Waals surface area contributed by atoms with E-state index in [0.717, 1.165) is 68.7 Å². The number of benzene rings is 1. The number of likely N-dealkylation sites (tertiary alicyclic amines) is 2. The minimum Gasteiger partial charge on any atom is -0.507 e. The first-order chi connectivity index (χ1) is 16.7. The number of halogens is 1. The van der Waals surface area contributed by atoms with Crippen molar-refractivity contribution in [1.82, 2.24) is 9.80 Å². The van der Waals surface area contributed by atoms with Crippen LogP contribution in [0.1, 0.15) is 102 Å². The molecule has 2 heterocycles. The summed E-state index contributed by atoms with van der Waals surface area (Å²) < 4.78 is 4.43. The third-order valence-corrected chi connectivity index (χ3v) is 8.25. The van der Waals surface area contributed by atoms with E-state index in [1.807, 2.05) is 17.0 Å². The molecule has 0 aliphatic carbocycles. The molecule has 0 aromatic heterocycles. The maximum Gasteiger partial charge on any atom is 0.219 e. The number of amides is 1. The number of carbonyl (C=O) groups excluding carboxylic acids is 2. The molecule has 0 bridgehead atoms. The molecular weight excluding hydrogens is 518 g/mol. The Balaban J connectivity index is 1.68. The largest absolute Gasteiger partial charge is 0.507 e. The van der Waals surface area contributed by atoms with Crippen LogP contribution < -0.4 is 0 Å². The van der Waals surface area contributed by atoms with Gasteiger partial charge in [-0.2, -0.15) is 4.02 Å². The second-order valence-electron chi connectivity index (χ2n) is 12.7. The lowest BCUT2D eigenvalue weighted by molar-refractivity contribution is -0.130. The van der Waals surface area contributed by atoms with Crippen LogP contribution >= 0.6 is 16.1 Å². The average molecular weight is 563 g/mol. The van der Waals surface area contributed by atoms with Crippen LogP contribution in [0, 0.1) is 11.8 Å². The molecule has 6 nitrogen and oxygen atoms in total. The highest BCUT2D eigenvalue weighted by Crippen LogP contribution is 2.40. The quantitative estimate of drug-likeness (QED) is 0.417. The van der Waals surface area contributed by atoms with Crippen LogP contribution in [0.15, 0.2) is 16.2 Å². The number of amidine groups is 1. The van der Waals surface area contributed by atoms with Gasteiger partial charge in [0, 0.05) is 49.2 Å². The number of phenols is 1. The van der Waals surface area contributed by atoms with E-state index < -0.39 is 0 Å². The Kier molecular flexibility index (Phi) is 8.95. The maximum atomic E-state index is 13.5. The number of phenolic OH excluding ortho intramolecular Hbond substituents is 1. The highest BCUT2D eigenvalue weighted by molar-refractivity contribution is 9.08. The molecule has 0 saturated carbocycles. The monoisotopic (exact) mass is 561 g/mol. The number of piperidine rings is 1. The van der Waals surface area contributed by atoms with Crippen LogP contribution in [0.2, 0.25) is 0 Å². The van der Waals surface area contributed by atoms with Gasteiger partial charge in [0.25, 0.3) is 0 Å². The summed E-state index contributed by atoms with van der Waals surface area (Å²) in [6, 6.07) is 3.75. The molecule has 0 spiro atoms. The lowest BCUT2D eigenvalue weighted by Crippen LogP contribution is -2.37. The SMILES string of the molecule is CC(=O)N1CCC(CCC2CCN(CC(=O)c3cc(C(C)(C)C)c(O)c(C(C)(C)C)c3)C2=NBr)CC1. The molecule has 200 valence electrons. The standard InChI is InChI=1S/C29H44BrN3O3/c1-19(34)32-13-10-20(11-14-32)8-9-21-12-15-33(27(21)31-30)18-25(35)22-16-23(28(2,3)4)26(36)24(17-22)29(5,6)7/h16-17,20-21,36H,8-15,18H2,1-7H3. The number of Topliss-reactive ketones (excluding diaryl/α,β-unsaturated/α-hetero) is 1. The molecule has 0 radical (unpaired) electrons. The van der Waals surface area contributed by atoms with E-state index in [1.54, 1.807) is 6.92 Å². The van der Waals surface area contributed by atoms with Gasteiger partial charge in [-0.1, -0.05) is 41.5 Å². The Hall–Kier alpha value is -1.89. The second kappa shape index (κ2) is 11.2. The van der Waals surface area contributed by atoms with Gasteiger partial charge in [-0.05, 0) is 61.0 Å². The number of carbonyl (C=O) groups is 2. The van der Waals surface area contributed by atoms with Crippen LogP contribution in [0.4, 0.5) is 0 Å². The summed E-state index contributed by atoms with van der Waals surface area (Å²) >= 11 is 3.34. The third-order valence-electron chi connectivity index (χ3n) is 7.89. The van der Waals surface area contributed by atoms with Gasteiger partial charge < -0.3 is 14.9 Å². The number of hydrogen-bond donors (Lipinski definition) is 1. The van der Waals surface area contributed by atoms with Gasteiger partial charge in [0.05, 0.1) is 22.7 Å². The second-order valence-corrected chi connectivity index (χ2v) is 13.1. The molecule has 2 aliphatic heterocycles. The zero-order chi connectivity index (χ0) is 26.8. The highest BCUT2D eigenvalue weighted by atomic mass is 79.9. The zero-order valence-corrected chi connectivity index (χ0v) is 24.7. The third kappa shape index (κ3) is 6.70. The van der Waals surface area contributed by atoms with E-state index in [9.17, 15) is 14.7 Å². The van der Waals surface area contributed by atoms with E-state index in [-0.39, 0.29) is 29.1 Å². The molecule has 7 heteroatoms. The smallest absolute Gasteiger partial charge is 0.219 e. The topological polar surface area (TPSA) is 73.2 Å². The molecule has 2 fully saturated rings. The fraction of sp³-hybridized carbons (Fsp3) is 0.690. The molecule has 1 aromatic carbocycles. The van der Waals surface area contributed by atoms with Crippen LogP contribution in [-0.4, -0.2) is 58.6 Å². The Morgan fingerprint density at radius 2 is 1.53 bits per heavy atom. The summed E-state index contributed by atoms with van der Waals surface area (Å²) in [6.45, 7) is 16.9.